The fourth-order valence-corrected chi connectivity index (χ4v) is 2.06. The summed E-state index contributed by atoms with van der Waals surface area (Å²) in [6.07, 6.45) is 25.5. The third-order valence-corrected chi connectivity index (χ3v) is 3.30. The predicted octanol–water partition coefficient (Wildman–Crippen LogP) is 6.82. The monoisotopic (exact) mass is 250 g/mol. The predicted molar refractivity (Wildman–Crippen MR) is 85.0 cm³/mol. The van der Waals surface area contributed by atoms with E-state index < -0.39 is 0 Å². The zero-order valence-electron chi connectivity index (χ0n) is 12.8. The lowest BCUT2D eigenvalue weighted by Gasteiger charge is -1.97. The molecule has 0 spiro atoms. The van der Waals surface area contributed by atoms with Crippen molar-refractivity contribution in [1.29, 1.82) is 0 Å². The Morgan fingerprint density at radius 2 is 0.944 bits per heavy atom. The molecule has 0 unspecified atom stereocenters. The lowest BCUT2D eigenvalue weighted by Crippen LogP contribution is -1.77. The maximum Gasteiger partial charge on any atom is -0.0169 e. The quantitative estimate of drug-likeness (QED) is 0.248. The summed E-state index contributed by atoms with van der Waals surface area (Å²) in [4.78, 5) is 0. The van der Waals surface area contributed by atoms with Crippen molar-refractivity contribution in [3.63, 3.8) is 0 Å². The highest BCUT2D eigenvalue weighted by Crippen LogP contribution is 2.07. The van der Waals surface area contributed by atoms with E-state index in [0.717, 1.165) is 6.42 Å². The van der Waals surface area contributed by atoms with Crippen LogP contribution in [0.1, 0.15) is 90.9 Å². The third kappa shape index (κ3) is 15.5. The molecule has 0 aromatic rings. The van der Waals surface area contributed by atoms with Gasteiger partial charge in [0.25, 0.3) is 0 Å². The van der Waals surface area contributed by atoms with Gasteiger partial charge in [0.1, 0.15) is 0 Å². The molecule has 0 radical (unpaired) electrons. The lowest BCUT2D eigenvalue weighted by atomic mass is 10.1. The molecule has 18 heavy (non-hydrogen) atoms. The molecular formula is C18H34. The normalized spacial score (nSPS) is 11.9. The second-order valence-corrected chi connectivity index (χ2v) is 5.23. The molecule has 0 saturated heterocycles. The van der Waals surface area contributed by atoms with E-state index in [2.05, 4.69) is 38.2 Å². The van der Waals surface area contributed by atoms with Crippen LogP contribution in [-0.2, 0) is 0 Å². The van der Waals surface area contributed by atoms with Gasteiger partial charge in [-0.05, 0) is 32.1 Å². The average Bonchev–Trinajstić information content (AvgIpc) is 2.39. The van der Waals surface area contributed by atoms with Crippen LogP contribution in [0.25, 0.3) is 0 Å². The van der Waals surface area contributed by atoms with Gasteiger partial charge in [-0.25, -0.2) is 0 Å². The van der Waals surface area contributed by atoms with Crippen molar-refractivity contribution in [2.75, 3.05) is 0 Å². The van der Waals surface area contributed by atoms with E-state index in [0.29, 0.717) is 0 Å². The summed E-state index contributed by atoms with van der Waals surface area (Å²) in [6, 6.07) is 0. The maximum atomic E-state index is 2.36. The van der Waals surface area contributed by atoms with Crippen LogP contribution in [-0.4, -0.2) is 0 Å². The summed E-state index contributed by atoms with van der Waals surface area (Å²) in [5.74, 6) is 0. The van der Waals surface area contributed by atoms with E-state index >= 15 is 0 Å². The van der Waals surface area contributed by atoms with Crippen molar-refractivity contribution in [1.82, 2.24) is 0 Å². The molecule has 0 N–H and O–H groups in total. The smallest absolute Gasteiger partial charge is 0.0169 e. The minimum Gasteiger partial charge on any atom is -0.0882 e. The van der Waals surface area contributed by atoms with Crippen LogP contribution in [0.2, 0.25) is 0 Å². The van der Waals surface area contributed by atoms with Crippen LogP contribution in [0, 0.1) is 0 Å². The molecule has 0 rings (SSSR count). The molecule has 0 fully saturated rings. The average molecular weight is 250 g/mol. The molecule has 106 valence electrons. The van der Waals surface area contributed by atoms with Crippen LogP contribution in [0.5, 0.6) is 0 Å². The van der Waals surface area contributed by atoms with Gasteiger partial charge in [-0.3, -0.25) is 0 Å². The van der Waals surface area contributed by atoms with Gasteiger partial charge in [-0.2, -0.15) is 0 Å². The summed E-state index contributed by atoms with van der Waals surface area (Å²) >= 11 is 0. The Morgan fingerprint density at radius 3 is 1.56 bits per heavy atom. The topological polar surface area (TPSA) is 0 Å². The third-order valence-electron chi connectivity index (χ3n) is 3.30. The van der Waals surface area contributed by atoms with Crippen LogP contribution < -0.4 is 0 Å². The second kappa shape index (κ2) is 16.5. The molecule has 0 aromatic heterocycles. The molecule has 0 saturated carbocycles. The molecule has 0 bridgehead atoms. The zero-order chi connectivity index (χ0) is 13.3. The van der Waals surface area contributed by atoms with Gasteiger partial charge in [0.05, 0.1) is 0 Å². The van der Waals surface area contributed by atoms with Crippen molar-refractivity contribution >= 4 is 0 Å². The first-order chi connectivity index (χ1) is 8.91. The highest BCUT2D eigenvalue weighted by Gasteiger charge is 1.87. The molecule has 0 aliphatic heterocycles. The number of hydrogen-bond acceptors (Lipinski definition) is 0. The van der Waals surface area contributed by atoms with E-state index in [1.807, 2.05) is 0 Å². The van der Waals surface area contributed by atoms with Crippen molar-refractivity contribution < 1.29 is 0 Å². The molecule has 0 aliphatic carbocycles. The van der Waals surface area contributed by atoms with Crippen molar-refractivity contribution in [3.05, 3.63) is 24.3 Å². The first-order valence-electron chi connectivity index (χ1n) is 8.21. The van der Waals surface area contributed by atoms with Gasteiger partial charge >= 0.3 is 0 Å². The highest BCUT2D eigenvalue weighted by molar-refractivity contribution is 4.92. The summed E-state index contributed by atoms with van der Waals surface area (Å²) in [7, 11) is 0. The Morgan fingerprint density at radius 1 is 0.500 bits per heavy atom. The van der Waals surface area contributed by atoms with E-state index in [1.54, 1.807) is 0 Å². The van der Waals surface area contributed by atoms with E-state index in [-0.39, 0.29) is 0 Å². The minimum atomic E-state index is 1.13. The summed E-state index contributed by atoms with van der Waals surface area (Å²) in [6.45, 7) is 4.53. The number of allylic oxidation sites excluding steroid dienone is 4. The van der Waals surface area contributed by atoms with Gasteiger partial charge in [0.2, 0.25) is 0 Å². The second-order valence-electron chi connectivity index (χ2n) is 5.23. The molecule has 0 nitrogen and oxygen atoms in total. The molecule has 0 heterocycles. The Bertz CT molecular complexity index is 188. The first-order valence-corrected chi connectivity index (χ1v) is 8.21. The first kappa shape index (κ1) is 17.5. The maximum absolute atomic E-state index is 2.36. The molecule has 0 atom stereocenters. The van der Waals surface area contributed by atoms with Crippen molar-refractivity contribution in [2.24, 2.45) is 0 Å². The van der Waals surface area contributed by atoms with Crippen LogP contribution in [0.4, 0.5) is 0 Å². The van der Waals surface area contributed by atoms with E-state index in [9.17, 15) is 0 Å². The molecular weight excluding hydrogens is 216 g/mol. The van der Waals surface area contributed by atoms with E-state index in [4.69, 9.17) is 0 Å². The lowest BCUT2D eigenvalue weighted by molar-refractivity contribution is 0.611. The summed E-state index contributed by atoms with van der Waals surface area (Å²) < 4.78 is 0. The van der Waals surface area contributed by atoms with E-state index in [1.165, 1.54) is 70.6 Å². The van der Waals surface area contributed by atoms with Gasteiger partial charge in [-0.15, -0.1) is 0 Å². The van der Waals surface area contributed by atoms with Gasteiger partial charge in [-0.1, -0.05) is 83.1 Å². The highest BCUT2D eigenvalue weighted by atomic mass is 13.9. The minimum absolute atomic E-state index is 1.13. The van der Waals surface area contributed by atoms with Crippen LogP contribution in [0.3, 0.4) is 0 Å². The van der Waals surface area contributed by atoms with Crippen molar-refractivity contribution in [3.8, 4) is 0 Å². The van der Waals surface area contributed by atoms with Gasteiger partial charge < -0.3 is 0 Å². The number of hydrogen-bond donors (Lipinski definition) is 0. The molecule has 0 amide bonds. The number of rotatable bonds is 13. The summed E-state index contributed by atoms with van der Waals surface area (Å²) in [5.41, 5.74) is 0. The van der Waals surface area contributed by atoms with Gasteiger partial charge in [0, 0.05) is 0 Å². The Balaban J connectivity index is 3.13. The SMILES string of the molecule is CCCCCC=CC/C=C/CCCCCCCC. The largest absolute Gasteiger partial charge is 0.0882 e. The molecule has 0 aliphatic rings. The van der Waals surface area contributed by atoms with Crippen LogP contribution >= 0.6 is 0 Å². The zero-order valence-corrected chi connectivity index (χ0v) is 12.8. The standard InChI is InChI=1S/C18H34/c1-3-5-7-9-11-13-15-17-18-16-14-12-10-8-6-4-2/h11,13,17-18H,3-10,12,14-16H2,1-2H3/b13-11?,18-17+. The molecule has 0 heteroatoms. The summed E-state index contributed by atoms with van der Waals surface area (Å²) in [5, 5.41) is 0. The number of unbranched alkanes of at least 4 members (excludes halogenated alkanes) is 9. The Hall–Kier alpha value is -0.520. The van der Waals surface area contributed by atoms with Crippen LogP contribution in [0.15, 0.2) is 24.3 Å². The fourth-order valence-electron chi connectivity index (χ4n) is 2.06. The van der Waals surface area contributed by atoms with Crippen molar-refractivity contribution in [2.45, 2.75) is 90.9 Å². The Labute approximate surface area is 116 Å². The molecule has 0 aromatic carbocycles. The Kier molecular flexibility index (Phi) is 16.0. The fraction of sp³-hybridized carbons (Fsp3) is 0.778. The van der Waals surface area contributed by atoms with Gasteiger partial charge in [0.15, 0.2) is 0 Å².